The predicted octanol–water partition coefficient (Wildman–Crippen LogP) is 2.15. The summed E-state index contributed by atoms with van der Waals surface area (Å²) < 4.78 is 70.6. The molecule has 2 N–H and O–H groups in total. The first-order valence-electron chi connectivity index (χ1n) is 7.99. The minimum atomic E-state index is -5.00. The predicted molar refractivity (Wildman–Crippen MR) is 89.7 cm³/mol. The summed E-state index contributed by atoms with van der Waals surface area (Å²) in [6.07, 6.45) is -5.87. The highest BCUT2D eigenvalue weighted by Gasteiger charge is 2.60. The van der Waals surface area contributed by atoms with Crippen molar-refractivity contribution in [2.24, 2.45) is 5.16 Å². The first-order valence-corrected chi connectivity index (χ1v) is 9.47. The number of sulfonamides is 1. The Morgan fingerprint density at radius 2 is 2.04 bits per heavy atom. The van der Waals surface area contributed by atoms with Gasteiger partial charge in [0, 0.05) is 6.54 Å². The molecule has 1 aliphatic heterocycles. The zero-order valence-corrected chi connectivity index (χ0v) is 15.6. The summed E-state index contributed by atoms with van der Waals surface area (Å²) in [5, 5.41) is 16.5. The molecule has 1 aromatic heterocycles. The molecule has 0 saturated carbocycles. The Morgan fingerprint density at radius 1 is 1.32 bits per heavy atom. The second kappa shape index (κ2) is 6.87. The number of hydrogen-bond acceptors (Lipinski definition) is 7. The number of aryl methyl sites for hydroxylation is 2. The molecular weight excluding hydrogens is 403 g/mol. The average molecular weight is 419 g/mol. The van der Waals surface area contributed by atoms with Gasteiger partial charge in [0.1, 0.15) is 10.6 Å². The second-order valence-corrected chi connectivity index (χ2v) is 7.97. The molecule has 3 rings (SSSR count). The first kappa shape index (κ1) is 20.3. The van der Waals surface area contributed by atoms with Crippen molar-refractivity contribution < 1.29 is 36.1 Å². The normalized spacial score (nSPS) is 20.1. The Kier molecular flexibility index (Phi) is 4.98. The zero-order chi connectivity index (χ0) is 20.7. The van der Waals surface area contributed by atoms with Gasteiger partial charge in [0.25, 0.3) is 0 Å². The fraction of sp³-hybridized carbons (Fsp3) is 0.375. The average Bonchev–Trinajstić information content (AvgIpc) is 3.17. The third-order valence-corrected chi connectivity index (χ3v) is 5.76. The molecule has 1 unspecified atom stereocenters. The largest absolute Gasteiger partial charge is 0.458 e. The van der Waals surface area contributed by atoms with Crippen LogP contribution in [0, 0.1) is 13.8 Å². The van der Waals surface area contributed by atoms with Gasteiger partial charge in [-0.25, -0.2) is 13.1 Å². The monoisotopic (exact) mass is 419 g/mol. The van der Waals surface area contributed by atoms with Gasteiger partial charge < -0.3 is 14.5 Å². The van der Waals surface area contributed by atoms with Crippen LogP contribution in [-0.2, 0) is 21.4 Å². The molecule has 0 radical (unpaired) electrons. The van der Waals surface area contributed by atoms with Gasteiger partial charge in [-0.1, -0.05) is 28.5 Å². The lowest BCUT2D eigenvalue weighted by molar-refractivity contribution is -0.355. The van der Waals surface area contributed by atoms with E-state index in [1.165, 1.54) is 32.0 Å². The summed E-state index contributed by atoms with van der Waals surface area (Å²) in [6.45, 7) is 2.83. The van der Waals surface area contributed by atoms with E-state index in [0.717, 1.165) is 0 Å². The standard InChI is InChI=1S/C16H16F3N3O5S/c1-9-14(10(2)26-21-9)28(24,25)20-8-11-4-3-5-12(6-11)13-7-15(23,27-22-13)16(17,18)19/h3-6,20,23H,7-8H2,1-2H3. The topological polar surface area (TPSA) is 114 Å². The molecule has 152 valence electrons. The van der Waals surface area contributed by atoms with Gasteiger partial charge in [0.2, 0.25) is 10.0 Å². The van der Waals surface area contributed by atoms with Crippen molar-refractivity contribution in [3.05, 3.63) is 46.8 Å². The summed E-state index contributed by atoms with van der Waals surface area (Å²) in [7, 11) is -3.90. The van der Waals surface area contributed by atoms with E-state index in [0.29, 0.717) is 5.56 Å². The molecule has 0 amide bonds. The van der Waals surface area contributed by atoms with Crippen molar-refractivity contribution in [2.75, 3.05) is 0 Å². The molecule has 0 bridgehead atoms. The number of aliphatic hydroxyl groups is 1. The molecular formula is C16H16F3N3O5S. The van der Waals surface area contributed by atoms with Crippen molar-refractivity contribution in [2.45, 2.75) is 43.7 Å². The minimum Gasteiger partial charge on any atom is -0.360 e. The molecule has 0 aliphatic carbocycles. The number of aromatic nitrogens is 1. The number of oxime groups is 1. The van der Waals surface area contributed by atoms with Gasteiger partial charge in [0.05, 0.1) is 12.1 Å². The van der Waals surface area contributed by atoms with E-state index in [-0.39, 0.29) is 34.2 Å². The SMILES string of the molecule is Cc1noc(C)c1S(=O)(=O)NCc1cccc(C2=NOC(O)(C(F)(F)F)C2)c1. The van der Waals surface area contributed by atoms with Crippen LogP contribution in [0.4, 0.5) is 13.2 Å². The van der Waals surface area contributed by atoms with Gasteiger partial charge >= 0.3 is 12.0 Å². The van der Waals surface area contributed by atoms with Gasteiger partial charge in [-0.3, -0.25) is 0 Å². The lowest BCUT2D eigenvalue weighted by Crippen LogP contribution is -2.45. The Labute approximate surface area is 158 Å². The maximum absolute atomic E-state index is 12.8. The number of nitrogens with zero attached hydrogens (tertiary/aromatic N) is 2. The lowest BCUT2D eigenvalue weighted by Gasteiger charge is -2.22. The van der Waals surface area contributed by atoms with Crippen LogP contribution in [0.2, 0.25) is 0 Å². The number of nitrogens with one attached hydrogen (secondary N) is 1. The van der Waals surface area contributed by atoms with Gasteiger partial charge in [-0.05, 0) is 31.0 Å². The molecule has 0 saturated heterocycles. The molecule has 12 heteroatoms. The highest BCUT2D eigenvalue weighted by Crippen LogP contribution is 2.39. The number of halogens is 3. The van der Waals surface area contributed by atoms with Crippen LogP contribution >= 0.6 is 0 Å². The third kappa shape index (κ3) is 3.75. The zero-order valence-electron chi connectivity index (χ0n) is 14.7. The van der Waals surface area contributed by atoms with Gasteiger partial charge in [0.15, 0.2) is 5.76 Å². The molecule has 8 nitrogen and oxygen atoms in total. The highest BCUT2D eigenvalue weighted by molar-refractivity contribution is 7.89. The van der Waals surface area contributed by atoms with Crippen molar-refractivity contribution in [3.63, 3.8) is 0 Å². The molecule has 28 heavy (non-hydrogen) atoms. The molecule has 0 fully saturated rings. The number of rotatable bonds is 5. The molecule has 1 aliphatic rings. The molecule has 0 spiro atoms. The number of benzene rings is 1. The van der Waals surface area contributed by atoms with E-state index < -0.39 is 28.4 Å². The Balaban J connectivity index is 1.75. The molecule has 1 aromatic carbocycles. The Bertz CT molecular complexity index is 1010. The lowest BCUT2D eigenvalue weighted by atomic mass is 10.0. The maximum atomic E-state index is 12.8. The number of alkyl halides is 3. The molecule has 2 aromatic rings. The van der Waals surface area contributed by atoms with E-state index in [9.17, 15) is 26.7 Å². The third-order valence-electron chi connectivity index (χ3n) is 4.12. The minimum absolute atomic E-state index is 0.0625. The van der Waals surface area contributed by atoms with Gasteiger partial charge in [-0.15, -0.1) is 0 Å². The summed E-state index contributed by atoms with van der Waals surface area (Å²) in [5.74, 6) is -3.23. The Morgan fingerprint density at radius 3 is 2.61 bits per heavy atom. The summed E-state index contributed by atoms with van der Waals surface area (Å²) in [6, 6.07) is 6.06. The number of hydrogen-bond donors (Lipinski definition) is 2. The van der Waals surface area contributed by atoms with Gasteiger partial charge in [-0.2, -0.15) is 13.2 Å². The fourth-order valence-corrected chi connectivity index (χ4v) is 4.04. The maximum Gasteiger partial charge on any atom is 0.458 e. The van der Waals surface area contributed by atoms with Crippen molar-refractivity contribution in [1.29, 1.82) is 0 Å². The summed E-state index contributed by atoms with van der Waals surface area (Å²) in [4.78, 5) is 4.13. The summed E-state index contributed by atoms with van der Waals surface area (Å²) >= 11 is 0. The van der Waals surface area contributed by atoms with E-state index in [2.05, 4.69) is 19.9 Å². The highest BCUT2D eigenvalue weighted by atomic mass is 32.2. The van der Waals surface area contributed by atoms with Crippen LogP contribution in [0.3, 0.4) is 0 Å². The first-order chi connectivity index (χ1) is 12.9. The Hall–Kier alpha value is -2.44. The van der Waals surface area contributed by atoms with Crippen LogP contribution in [0.1, 0.15) is 29.0 Å². The van der Waals surface area contributed by atoms with Crippen LogP contribution in [0.5, 0.6) is 0 Å². The smallest absolute Gasteiger partial charge is 0.360 e. The van der Waals surface area contributed by atoms with E-state index in [1.54, 1.807) is 6.07 Å². The molecule has 2 heterocycles. The summed E-state index contributed by atoms with van der Waals surface area (Å²) in [5.41, 5.74) is 0.852. The van der Waals surface area contributed by atoms with Crippen LogP contribution in [0.25, 0.3) is 0 Å². The second-order valence-electron chi connectivity index (χ2n) is 6.27. The van der Waals surface area contributed by atoms with Crippen LogP contribution < -0.4 is 4.72 Å². The van der Waals surface area contributed by atoms with Crippen molar-refractivity contribution in [1.82, 2.24) is 9.88 Å². The van der Waals surface area contributed by atoms with E-state index >= 15 is 0 Å². The fourth-order valence-electron chi connectivity index (χ4n) is 2.70. The van der Waals surface area contributed by atoms with Crippen LogP contribution in [0.15, 0.2) is 38.8 Å². The van der Waals surface area contributed by atoms with Crippen molar-refractivity contribution in [3.8, 4) is 0 Å². The quantitative estimate of drug-likeness (QED) is 0.768. The van der Waals surface area contributed by atoms with E-state index in [4.69, 9.17) is 4.52 Å². The van der Waals surface area contributed by atoms with Crippen molar-refractivity contribution >= 4 is 15.7 Å². The van der Waals surface area contributed by atoms with E-state index in [1.807, 2.05) is 0 Å². The van der Waals surface area contributed by atoms with Crippen LogP contribution in [-0.4, -0.2) is 36.4 Å². The molecule has 1 atom stereocenters.